The lowest BCUT2D eigenvalue weighted by molar-refractivity contribution is -0.141. The van der Waals surface area contributed by atoms with Crippen molar-refractivity contribution >= 4 is 12.0 Å². The van der Waals surface area contributed by atoms with Crippen molar-refractivity contribution in [1.29, 1.82) is 0 Å². The number of rotatable bonds is 5. The molecule has 0 aliphatic rings. The summed E-state index contributed by atoms with van der Waals surface area (Å²) in [5.41, 5.74) is 1.09. The van der Waals surface area contributed by atoms with Crippen LogP contribution < -0.4 is 5.32 Å². The highest BCUT2D eigenvalue weighted by molar-refractivity contribution is 5.71. The molecule has 0 spiro atoms. The summed E-state index contributed by atoms with van der Waals surface area (Å²) in [6.07, 6.45) is 3.64. The lowest BCUT2D eigenvalue weighted by Crippen LogP contribution is -2.20. The zero-order valence-electron chi connectivity index (χ0n) is 8.77. The number of benzene rings is 1. The van der Waals surface area contributed by atoms with E-state index in [4.69, 9.17) is 4.74 Å². The van der Waals surface area contributed by atoms with Crippen LogP contribution in [0.1, 0.15) is 12.5 Å². The van der Waals surface area contributed by atoms with Gasteiger partial charge in [-0.1, -0.05) is 30.3 Å². The van der Waals surface area contributed by atoms with Crippen molar-refractivity contribution < 1.29 is 9.53 Å². The van der Waals surface area contributed by atoms with Gasteiger partial charge in [0.1, 0.15) is 6.54 Å². The number of hydrogen-bond acceptors (Lipinski definition) is 3. The van der Waals surface area contributed by atoms with Crippen molar-refractivity contribution in [3.63, 3.8) is 0 Å². The molecule has 1 aromatic rings. The van der Waals surface area contributed by atoms with E-state index in [1.165, 1.54) is 0 Å². The van der Waals surface area contributed by atoms with Gasteiger partial charge in [0, 0.05) is 0 Å². The third kappa shape index (κ3) is 4.86. The van der Waals surface area contributed by atoms with E-state index in [0.717, 1.165) is 5.56 Å². The van der Waals surface area contributed by atoms with Gasteiger partial charge in [-0.2, -0.15) is 0 Å². The van der Waals surface area contributed by atoms with Crippen LogP contribution in [0.15, 0.2) is 36.5 Å². The van der Waals surface area contributed by atoms with Gasteiger partial charge in [-0.05, 0) is 24.8 Å². The number of hydrogen-bond donors (Lipinski definition) is 1. The molecule has 15 heavy (non-hydrogen) atoms. The van der Waals surface area contributed by atoms with Crippen molar-refractivity contribution in [2.24, 2.45) is 0 Å². The number of carbonyl (C=O) groups excluding carboxylic acids is 1. The molecule has 3 nitrogen and oxygen atoms in total. The zero-order valence-corrected chi connectivity index (χ0v) is 8.77. The third-order valence-corrected chi connectivity index (χ3v) is 1.74. The molecule has 0 bridgehead atoms. The fourth-order valence-corrected chi connectivity index (χ4v) is 1.07. The maximum absolute atomic E-state index is 10.9. The molecule has 0 aliphatic carbocycles. The van der Waals surface area contributed by atoms with Gasteiger partial charge >= 0.3 is 5.97 Å². The Morgan fingerprint density at radius 2 is 2.13 bits per heavy atom. The second-order valence-electron chi connectivity index (χ2n) is 2.93. The number of ether oxygens (including phenoxy) is 1. The fourth-order valence-electron chi connectivity index (χ4n) is 1.07. The number of esters is 1. The molecule has 0 aromatic heterocycles. The van der Waals surface area contributed by atoms with Gasteiger partial charge in [-0.3, -0.25) is 4.79 Å². The van der Waals surface area contributed by atoms with Gasteiger partial charge in [0.2, 0.25) is 0 Å². The number of carbonyl (C=O) groups is 1. The zero-order chi connectivity index (χ0) is 10.9. The van der Waals surface area contributed by atoms with Gasteiger partial charge in [0.05, 0.1) is 6.61 Å². The summed E-state index contributed by atoms with van der Waals surface area (Å²) in [5, 5.41) is 2.86. The molecule has 0 heterocycles. The smallest absolute Gasteiger partial charge is 0.325 e. The Morgan fingerprint density at radius 1 is 1.40 bits per heavy atom. The molecule has 0 atom stereocenters. The second-order valence-corrected chi connectivity index (χ2v) is 2.93. The van der Waals surface area contributed by atoms with Crippen LogP contribution in [0.25, 0.3) is 6.08 Å². The summed E-state index contributed by atoms with van der Waals surface area (Å²) in [5.74, 6) is -0.241. The molecular formula is C12H15NO2. The first-order chi connectivity index (χ1) is 7.33. The van der Waals surface area contributed by atoms with Crippen LogP contribution in [0.3, 0.4) is 0 Å². The first kappa shape index (κ1) is 11.3. The van der Waals surface area contributed by atoms with E-state index in [9.17, 15) is 4.79 Å². The Hall–Kier alpha value is -1.77. The van der Waals surface area contributed by atoms with E-state index in [-0.39, 0.29) is 12.5 Å². The monoisotopic (exact) mass is 205 g/mol. The quantitative estimate of drug-likeness (QED) is 0.745. The predicted octanol–water partition coefficient (Wildman–Crippen LogP) is 1.81. The highest BCUT2D eigenvalue weighted by atomic mass is 16.5. The molecule has 1 aromatic carbocycles. The molecule has 80 valence electrons. The molecule has 0 saturated heterocycles. The predicted molar refractivity (Wildman–Crippen MR) is 60.1 cm³/mol. The maximum atomic E-state index is 10.9. The van der Waals surface area contributed by atoms with E-state index >= 15 is 0 Å². The molecule has 3 heteroatoms. The van der Waals surface area contributed by atoms with E-state index in [1.54, 1.807) is 13.1 Å². The summed E-state index contributed by atoms with van der Waals surface area (Å²) in [6, 6.07) is 9.87. The van der Waals surface area contributed by atoms with Crippen molar-refractivity contribution in [1.82, 2.24) is 5.32 Å². The van der Waals surface area contributed by atoms with E-state index < -0.39 is 0 Å². The summed E-state index contributed by atoms with van der Waals surface area (Å²) < 4.78 is 4.76. The lowest BCUT2D eigenvalue weighted by atomic mass is 10.2. The summed E-state index contributed by atoms with van der Waals surface area (Å²) in [6.45, 7) is 2.41. The summed E-state index contributed by atoms with van der Waals surface area (Å²) in [7, 11) is 0. The Morgan fingerprint density at radius 3 is 2.80 bits per heavy atom. The molecule has 0 fully saturated rings. The van der Waals surface area contributed by atoms with Crippen molar-refractivity contribution in [2.75, 3.05) is 13.2 Å². The van der Waals surface area contributed by atoms with Crippen LogP contribution in [-0.2, 0) is 9.53 Å². The third-order valence-electron chi connectivity index (χ3n) is 1.74. The standard InChI is InChI=1S/C12H15NO2/c1-2-15-12(14)10-13-9-8-11-6-4-3-5-7-11/h3-9,13H,2,10H2,1H3. The molecule has 1 N–H and O–H groups in total. The first-order valence-corrected chi connectivity index (χ1v) is 4.93. The van der Waals surface area contributed by atoms with E-state index in [1.807, 2.05) is 36.4 Å². The summed E-state index contributed by atoms with van der Waals surface area (Å²) >= 11 is 0. The molecule has 0 radical (unpaired) electrons. The SMILES string of the molecule is CCOC(=O)CNC=Cc1ccccc1. The van der Waals surface area contributed by atoms with Crippen molar-refractivity contribution in [3.8, 4) is 0 Å². The first-order valence-electron chi connectivity index (χ1n) is 4.93. The average molecular weight is 205 g/mol. The average Bonchev–Trinajstić information content (AvgIpc) is 2.26. The number of nitrogens with one attached hydrogen (secondary N) is 1. The Kier molecular flexibility index (Phi) is 5.01. The molecule has 0 amide bonds. The molecule has 0 saturated carbocycles. The molecule has 0 unspecified atom stereocenters. The van der Waals surface area contributed by atoms with Crippen LogP contribution in [0, 0.1) is 0 Å². The van der Waals surface area contributed by atoms with Gasteiger partial charge in [0.25, 0.3) is 0 Å². The van der Waals surface area contributed by atoms with Crippen molar-refractivity contribution in [2.45, 2.75) is 6.92 Å². The van der Waals surface area contributed by atoms with Crippen molar-refractivity contribution in [3.05, 3.63) is 42.1 Å². The Labute approximate surface area is 89.8 Å². The second kappa shape index (κ2) is 6.65. The minimum Gasteiger partial charge on any atom is -0.465 e. The maximum Gasteiger partial charge on any atom is 0.325 e. The lowest BCUT2D eigenvalue weighted by Gasteiger charge is -2.00. The molecule has 0 aliphatic heterocycles. The fraction of sp³-hybridized carbons (Fsp3) is 0.250. The van der Waals surface area contributed by atoms with Crippen LogP contribution in [-0.4, -0.2) is 19.1 Å². The topological polar surface area (TPSA) is 38.3 Å². The van der Waals surface area contributed by atoms with E-state index in [0.29, 0.717) is 6.61 Å². The van der Waals surface area contributed by atoms with Gasteiger partial charge in [0.15, 0.2) is 0 Å². The van der Waals surface area contributed by atoms with Crippen LogP contribution in [0.5, 0.6) is 0 Å². The summed E-state index contributed by atoms with van der Waals surface area (Å²) in [4.78, 5) is 10.9. The Balaban J connectivity index is 2.26. The van der Waals surface area contributed by atoms with Crippen LogP contribution >= 0.6 is 0 Å². The Bertz CT molecular complexity index is 320. The van der Waals surface area contributed by atoms with Crippen LogP contribution in [0.2, 0.25) is 0 Å². The molecular weight excluding hydrogens is 190 g/mol. The minimum absolute atomic E-state index is 0.206. The minimum atomic E-state index is -0.241. The molecule has 1 rings (SSSR count). The van der Waals surface area contributed by atoms with Crippen LogP contribution in [0.4, 0.5) is 0 Å². The highest BCUT2D eigenvalue weighted by Gasteiger charge is 1.96. The van der Waals surface area contributed by atoms with Gasteiger partial charge < -0.3 is 10.1 Å². The highest BCUT2D eigenvalue weighted by Crippen LogP contribution is 1.99. The van der Waals surface area contributed by atoms with Gasteiger partial charge in [-0.25, -0.2) is 0 Å². The van der Waals surface area contributed by atoms with E-state index in [2.05, 4.69) is 5.32 Å². The van der Waals surface area contributed by atoms with Gasteiger partial charge in [-0.15, -0.1) is 0 Å². The normalized spacial score (nSPS) is 10.2. The largest absolute Gasteiger partial charge is 0.465 e.